The maximum absolute atomic E-state index is 14.0. The first-order valence-electron chi connectivity index (χ1n) is 11.1. The molecule has 9 nitrogen and oxygen atoms in total. The molecule has 33 heavy (non-hydrogen) atoms. The van der Waals surface area contributed by atoms with Gasteiger partial charge in [0.15, 0.2) is 0 Å². The molecule has 4 aliphatic heterocycles. The molecule has 4 aliphatic rings. The smallest absolute Gasteiger partial charge is 0.269 e. The summed E-state index contributed by atoms with van der Waals surface area (Å²) in [6.07, 6.45) is 1.59. The predicted octanol–water partition coefficient (Wildman–Crippen LogP) is 2.64. The zero-order chi connectivity index (χ0) is 23.2. The predicted molar refractivity (Wildman–Crippen MR) is 119 cm³/mol. The molecule has 168 valence electrons. The van der Waals surface area contributed by atoms with E-state index in [1.165, 1.54) is 18.2 Å². The van der Waals surface area contributed by atoms with Gasteiger partial charge in [0.05, 0.1) is 22.4 Å². The van der Waals surface area contributed by atoms with Gasteiger partial charge in [-0.05, 0) is 50.4 Å². The molecule has 6 rings (SSSR count). The Bertz CT molecular complexity index is 1290. The fourth-order valence-electron chi connectivity index (χ4n) is 6.62. The van der Waals surface area contributed by atoms with E-state index in [1.807, 2.05) is 25.1 Å². The molecule has 2 aromatic rings. The summed E-state index contributed by atoms with van der Waals surface area (Å²) >= 11 is 0. The highest BCUT2D eigenvalue weighted by atomic mass is 16.6. The molecule has 0 aromatic heterocycles. The van der Waals surface area contributed by atoms with Crippen LogP contribution in [0.25, 0.3) is 0 Å². The lowest BCUT2D eigenvalue weighted by Gasteiger charge is -2.36. The van der Waals surface area contributed by atoms with Gasteiger partial charge in [0.25, 0.3) is 5.69 Å². The number of nitro groups is 1. The highest BCUT2D eigenvalue weighted by Gasteiger charge is 2.74. The lowest BCUT2D eigenvalue weighted by Crippen LogP contribution is -2.54. The molecule has 3 fully saturated rings. The minimum atomic E-state index is -1.22. The highest BCUT2D eigenvalue weighted by molar-refractivity contribution is 6.26. The number of nitrogens with one attached hydrogen (secondary N) is 1. The zero-order valence-electron chi connectivity index (χ0n) is 18.2. The molecule has 0 bridgehead atoms. The van der Waals surface area contributed by atoms with Gasteiger partial charge in [-0.2, -0.15) is 0 Å². The normalized spacial score (nSPS) is 30.1. The maximum Gasteiger partial charge on any atom is 0.269 e. The molecule has 2 aromatic carbocycles. The van der Waals surface area contributed by atoms with Gasteiger partial charge in [0, 0.05) is 29.4 Å². The number of carbonyl (C=O) groups excluding carboxylic acids is 3. The van der Waals surface area contributed by atoms with Gasteiger partial charge in [-0.1, -0.05) is 18.2 Å². The van der Waals surface area contributed by atoms with E-state index in [0.717, 1.165) is 34.6 Å². The van der Waals surface area contributed by atoms with Gasteiger partial charge in [-0.25, -0.2) is 4.90 Å². The standard InChI is InChI=1S/C24H22N4O5/c1-12-5-3-6-15-20(12)25-23(31)24(15)19-18(17-7-4-10-26(17)24)21(29)27(22(19)30)16-9-8-14(28(32)33)11-13(16)2/h3,5-6,8-9,11,17-19H,4,7,10H2,1-2H3,(H,25,31)/t17-,18-,19+,24+/m1/s1. The van der Waals surface area contributed by atoms with Crippen molar-refractivity contribution in [3.63, 3.8) is 0 Å². The van der Waals surface area contributed by atoms with Crippen LogP contribution >= 0.6 is 0 Å². The van der Waals surface area contributed by atoms with Gasteiger partial charge in [0.2, 0.25) is 17.7 Å². The zero-order valence-corrected chi connectivity index (χ0v) is 18.2. The first kappa shape index (κ1) is 20.0. The van der Waals surface area contributed by atoms with Crippen LogP contribution in [0.15, 0.2) is 36.4 Å². The van der Waals surface area contributed by atoms with Crippen LogP contribution in [0.4, 0.5) is 17.1 Å². The molecule has 1 N–H and O–H groups in total. The molecular weight excluding hydrogens is 424 g/mol. The van der Waals surface area contributed by atoms with Crippen molar-refractivity contribution < 1.29 is 19.3 Å². The number of amides is 3. The quantitative estimate of drug-likeness (QED) is 0.431. The Morgan fingerprint density at radius 1 is 1.09 bits per heavy atom. The van der Waals surface area contributed by atoms with Crippen LogP contribution in [0.1, 0.15) is 29.5 Å². The molecule has 4 atom stereocenters. The van der Waals surface area contributed by atoms with Gasteiger partial charge in [-0.15, -0.1) is 0 Å². The van der Waals surface area contributed by atoms with Crippen molar-refractivity contribution in [2.45, 2.75) is 38.3 Å². The SMILES string of the molecule is Cc1cc([N+](=O)[O-])ccc1N1C(=O)[C@@H]2[C@H]3CCCN3[C@]3(C(=O)Nc4c(C)cccc43)[C@@H]2C1=O. The maximum atomic E-state index is 14.0. The second-order valence-corrected chi connectivity index (χ2v) is 9.36. The lowest BCUT2D eigenvalue weighted by molar-refractivity contribution is -0.384. The second kappa shape index (κ2) is 6.48. The van der Waals surface area contributed by atoms with E-state index in [-0.39, 0.29) is 23.5 Å². The molecule has 1 spiro atoms. The molecule has 0 radical (unpaired) electrons. The lowest BCUT2D eigenvalue weighted by atomic mass is 9.75. The molecule has 0 aliphatic carbocycles. The number of para-hydroxylation sites is 1. The number of aryl methyl sites for hydroxylation is 2. The Hall–Kier alpha value is -3.59. The summed E-state index contributed by atoms with van der Waals surface area (Å²) in [4.78, 5) is 55.3. The molecule has 0 unspecified atom stereocenters. The average molecular weight is 446 g/mol. The summed E-state index contributed by atoms with van der Waals surface area (Å²) in [5.74, 6) is -2.47. The number of hydrogen-bond donors (Lipinski definition) is 1. The van der Waals surface area contributed by atoms with E-state index in [1.54, 1.807) is 6.92 Å². The number of fused-ring (bicyclic) bond motifs is 7. The van der Waals surface area contributed by atoms with E-state index in [0.29, 0.717) is 17.8 Å². The molecule has 4 heterocycles. The second-order valence-electron chi connectivity index (χ2n) is 9.36. The Balaban J connectivity index is 1.53. The van der Waals surface area contributed by atoms with E-state index >= 15 is 0 Å². The Morgan fingerprint density at radius 3 is 2.61 bits per heavy atom. The fraction of sp³-hybridized carbons (Fsp3) is 0.375. The third-order valence-corrected chi connectivity index (χ3v) is 7.87. The van der Waals surface area contributed by atoms with E-state index in [9.17, 15) is 24.5 Å². The number of carbonyl (C=O) groups is 3. The van der Waals surface area contributed by atoms with Crippen molar-refractivity contribution >= 4 is 34.8 Å². The van der Waals surface area contributed by atoms with Crippen molar-refractivity contribution in [1.29, 1.82) is 0 Å². The number of nitrogens with zero attached hydrogens (tertiary/aromatic N) is 3. The first-order valence-corrected chi connectivity index (χ1v) is 11.1. The number of anilines is 2. The third kappa shape index (κ3) is 2.27. The van der Waals surface area contributed by atoms with E-state index in [4.69, 9.17) is 0 Å². The van der Waals surface area contributed by atoms with Gasteiger partial charge in [0.1, 0.15) is 5.54 Å². The van der Waals surface area contributed by atoms with Crippen LogP contribution in [0.5, 0.6) is 0 Å². The molecule has 3 saturated heterocycles. The van der Waals surface area contributed by atoms with Crippen LogP contribution in [0.2, 0.25) is 0 Å². The van der Waals surface area contributed by atoms with Crippen molar-refractivity contribution in [2.75, 3.05) is 16.8 Å². The Morgan fingerprint density at radius 2 is 1.88 bits per heavy atom. The van der Waals surface area contributed by atoms with Crippen LogP contribution in [0.3, 0.4) is 0 Å². The summed E-state index contributed by atoms with van der Waals surface area (Å²) in [5.41, 5.74) is 1.88. The first-order chi connectivity index (χ1) is 15.8. The van der Waals surface area contributed by atoms with E-state index in [2.05, 4.69) is 10.2 Å². The topological polar surface area (TPSA) is 113 Å². The summed E-state index contributed by atoms with van der Waals surface area (Å²) in [6, 6.07) is 9.60. The summed E-state index contributed by atoms with van der Waals surface area (Å²) in [6.45, 7) is 4.21. The third-order valence-electron chi connectivity index (χ3n) is 7.87. The minimum absolute atomic E-state index is 0.103. The molecule has 0 saturated carbocycles. The van der Waals surface area contributed by atoms with Gasteiger partial charge < -0.3 is 5.32 Å². The Labute approximate surface area is 189 Å². The highest BCUT2D eigenvalue weighted by Crippen LogP contribution is 2.61. The van der Waals surface area contributed by atoms with Crippen molar-refractivity contribution in [3.05, 3.63) is 63.2 Å². The summed E-state index contributed by atoms with van der Waals surface area (Å²) < 4.78 is 0. The number of nitro benzene ring substituents is 1. The number of imide groups is 1. The monoisotopic (exact) mass is 446 g/mol. The van der Waals surface area contributed by atoms with Crippen LogP contribution in [-0.2, 0) is 19.9 Å². The van der Waals surface area contributed by atoms with Crippen molar-refractivity contribution in [1.82, 2.24) is 4.90 Å². The van der Waals surface area contributed by atoms with Crippen molar-refractivity contribution in [2.24, 2.45) is 11.8 Å². The number of rotatable bonds is 2. The van der Waals surface area contributed by atoms with Crippen LogP contribution in [0, 0.1) is 35.8 Å². The van der Waals surface area contributed by atoms with Crippen LogP contribution in [-0.4, -0.2) is 40.1 Å². The molecule has 9 heteroatoms. The number of non-ortho nitro benzene ring substituents is 1. The summed E-state index contributed by atoms with van der Waals surface area (Å²) in [7, 11) is 0. The summed E-state index contributed by atoms with van der Waals surface area (Å²) in [5, 5.41) is 14.2. The van der Waals surface area contributed by atoms with E-state index < -0.39 is 28.2 Å². The number of hydrogen-bond acceptors (Lipinski definition) is 6. The molecule has 3 amide bonds. The van der Waals surface area contributed by atoms with Gasteiger partial charge >= 0.3 is 0 Å². The fourth-order valence-corrected chi connectivity index (χ4v) is 6.62. The Kier molecular flexibility index (Phi) is 3.93. The number of benzene rings is 2. The van der Waals surface area contributed by atoms with Crippen molar-refractivity contribution in [3.8, 4) is 0 Å². The average Bonchev–Trinajstić information content (AvgIpc) is 3.48. The van der Waals surface area contributed by atoms with Crippen LogP contribution < -0.4 is 10.2 Å². The largest absolute Gasteiger partial charge is 0.324 e. The molecular formula is C24H22N4O5. The minimum Gasteiger partial charge on any atom is -0.324 e. The van der Waals surface area contributed by atoms with Gasteiger partial charge in [-0.3, -0.25) is 29.4 Å².